The molecule has 0 spiro atoms. The van der Waals surface area contributed by atoms with Crippen molar-refractivity contribution >= 4 is 11.7 Å². The van der Waals surface area contributed by atoms with Crippen LogP contribution >= 0.6 is 0 Å². The molecule has 3 aromatic rings. The molecular weight excluding hydrogens is 499 g/mol. The van der Waals surface area contributed by atoms with E-state index in [0.29, 0.717) is 35.5 Å². The summed E-state index contributed by atoms with van der Waals surface area (Å²) in [7, 11) is 3.44. The average molecular weight is 539 g/mol. The molecule has 39 heavy (non-hydrogen) atoms. The summed E-state index contributed by atoms with van der Waals surface area (Å²) in [6.45, 7) is 9.48. The molecule has 0 amide bonds. The highest BCUT2D eigenvalue weighted by atomic mass is 19.1. The first-order valence-corrected chi connectivity index (χ1v) is 13.5. The van der Waals surface area contributed by atoms with Crippen LogP contribution in [0.2, 0.25) is 0 Å². The van der Waals surface area contributed by atoms with Crippen LogP contribution < -0.4 is 4.90 Å². The summed E-state index contributed by atoms with van der Waals surface area (Å²) in [5, 5.41) is 4.16. The molecule has 1 atom stereocenters. The van der Waals surface area contributed by atoms with E-state index < -0.39 is 5.60 Å². The van der Waals surface area contributed by atoms with Gasteiger partial charge in [0, 0.05) is 54.2 Å². The first-order chi connectivity index (χ1) is 18.5. The van der Waals surface area contributed by atoms with Gasteiger partial charge in [0.05, 0.1) is 13.2 Å². The van der Waals surface area contributed by atoms with Crippen LogP contribution in [0.4, 0.5) is 10.1 Å². The van der Waals surface area contributed by atoms with Crippen molar-refractivity contribution in [2.24, 2.45) is 0 Å². The summed E-state index contributed by atoms with van der Waals surface area (Å²) >= 11 is 0. The lowest BCUT2D eigenvalue weighted by atomic mass is 10.00. The van der Waals surface area contributed by atoms with E-state index in [2.05, 4.69) is 28.0 Å². The van der Waals surface area contributed by atoms with Crippen LogP contribution in [-0.2, 0) is 27.4 Å². The molecule has 9 heteroatoms. The monoisotopic (exact) mass is 538 g/mol. The number of methoxy groups -OCH3 is 1. The molecule has 1 aliphatic heterocycles. The number of benzene rings is 2. The van der Waals surface area contributed by atoms with Crippen molar-refractivity contribution in [2.45, 2.75) is 71.8 Å². The van der Waals surface area contributed by atoms with Gasteiger partial charge < -0.3 is 18.9 Å². The van der Waals surface area contributed by atoms with E-state index in [-0.39, 0.29) is 24.9 Å². The lowest BCUT2D eigenvalue weighted by Gasteiger charge is -2.36. The maximum absolute atomic E-state index is 14.6. The Labute approximate surface area is 230 Å². The van der Waals surface area contributed by atoms with Gasteiger partial charge in [-0.1, -0.05) is 5.16 Å². The number of piperidine rings is 1. The predicted octanol–water partition coefficient (Wildman–Crippen LogP) is 5.84. The number of carbonyl (C=O) groups excluding carboxylic acids is 1. The van der Waals surface area contributed by atoms with Gasteiger partial charge in [0.15, 0.2) is 0 Å². The van der Waals surface area contributed by atoms with E-state index in [4.69, 9.17) is 14.0 Å². The van der Waals surface area contributed by atoms with Crippen molar-refractivity contribution in [3.63, 3.8) is 0 Å². The largest absolute Gasteiger partial charge is 0.459 e. The van der Waals surface area contributed by atoms with E-state index >= 15 is 0 Å². The van der Waals surface area contributed by atoms with Gasteiger partial charge in [-0.05, 0) is 90.4 Å². The van der Waals surface area contributed by atoms with E-state index in [1.165, 1.54) is 31.0 Å². The van der Waals surface area contributed by atoms with Crippen molar-refractivity contribution in [1.82, 2.24) is 15.0 Å². The van der Waals surface area contributed by atoms with E-state index in [1.807, 2.05) is 32.9 Å². The topological polar surface area (TPSA) is 80.9 Å². The Balaban J connectivity index is 1.52. The minimum absolute atomic E-state index is 0.0449. The van der Waals surface area contributed by atoms with Crippen LogP contribution in [0.1, 0.15) is 58.1 Å². The van der Waals surface area contributed by atoms with Gasteiger partial charge in [0.2, 0.25) is 5.82 Å². The van der Waals surface area contributed by atoms with Crippen LogP contribution in [0, 0.1) is 5.82 Å². The van der Waals surface area contributed by atoms with Gasteiger partial charge in [-0.25, -0.2) is 4.39 Å². The number of esters is 1. The van der Waals surface area contributed by atoms with Crippen molar-refractivity contribution in [3.05, 3.63) is 53.3 Å². The fourth-order valence-corrected chi connectivity index (χ4v) is 4.96. The van der Waals surface area contributed by atoms with Gasteiger partial charge >= 0.3 is 5.97 Å². The molecule has 0 bridgehead atoms. The lowest BCUT2D eigenvalue weighted by Crippen LogP contribution is -2.38. The summed E-state index contributed by atoms with van der Waals surface area (Å²) in [5.41, 5.74) is 3.52. The molecule has 1 aliphatic rings. The van der Waals surface area contributed by atoms with Gasteiger partial charge in [-0.2, -0.15) is 4.98 Å². The third kappa shape index (κ3) is 7.42. The van der Waals surface area contributed by atoms with Gasteiger partial charge in [-0.15, -0.1) is 0 Å². The standard InChI is InChI=1S/C30H39FN4O4/c1-20-9-7-8-14-35(20)26-13-11-22(16-24(26)19-37-6)29-32-28(33-39-29)21-10-12-25(31)23(15-21)17-34(5)18-27(36)38-30(2,3)4/h10-13,15-16,20H,7-9,14,17-19H2,1-6H3. The van der Waals surface area contributed by atoms with E-state index in [9.17, 15) is 9.18 Å². The molecular formula is C30H39FN4O4. The summed E-state index contributed by atoms with van der Waals surface area (Å²) < 4.78 is 31.1. The third-order valence-corrected chi connectivity index (χ3v) is 6.73. The Morgan fingerprint density at radius 3 is 2.62 bits per heavy atom. The SMILES string of the molecule is COCc1cc(-c2nc(-c3ccc(F)c(CN(C)CC(=O)OC(C)(C)C)c3)no2)ccc1N1CCCCC1C. The Hall–Kier alpha value is -3.30. The molecule has 0 saturated carbocycles. The highest BCUT2D eigenvalue weighted by molar-refractivity contribution is 5.72. The molecule has 8 nitrogen and oxygen atoms in total. The molecule has 2 aromatic carbocycles. The summed E-state index contributed by atoms with van der Waals surface area (Å²) in [5.74, 6) is 0.0137. The van der Waals surface area contributed by atoms with E-state index in [1.54, 1.807) is 31.2 Å². The smallest absolute Gasteiger partial charge is 0.320 e. The molecule has 1 saturated heterocycles. The van der Waals surface area contributed by atoms with Crippen LogP contribution in [0.25, 0.3) is 22.8 Å². The zero-order valence-electron chi connectivity index (χ0n) is 23.8. The van der Waals surface area contributed by atoms with Crippen molar-refractivity contribution in [3.8, 4) is 22.8 Å². The minimum Gasteiger partial charge on any atom is -0.459 e. The highest BCUT2D eigenvalue weighted by Crippen LogP contribution is 2.32. The van der Waals surface area contributed by atoms with Gasteiger partial charge in [-0.3, -0.25) is 9.69 Å². The van der Waals surface area contributed by atoms with Gasteiger partial charge in [0.25, 0.3) is 5.89 Å². The Morgan fingerprint density at radius 2 is 1.90 bits per heavy atom. The molecule has 0 N–H and O–H groups in total. The second kappa shape index (κ2) is 12.3. The zero-order chi connectivity index (χ0) is 28.2. The Bertz CT molecular complexity index is 1290. The summed E-state index contributed by atoms with van der Waals surface area (Å²) in [6, 6.07) is 11.3. The Kier molecular flexibility index (Phi) is 9.02. The minimum atomic E-state index is -0.573. The first kappa shape index (κ1) is 28.7. The molecule has 4 rings (SSSR count). The van der Waals surface area contributed by atoms with Crippen LogP contribution in [0.3, 0.4) is 0 Å². The molecule has 0 aliphatic carbocycles. The molecule has 1 aromatic heterocycles. The predicted molar refractivity (Wildman–Crippen MR) is 149 cm³/mol. The first-order valence-electron chi connectivity index (χ1n) is 13.5. The van der Waals surface area contributed by atoms with Crippen LogP contribution in [0.15, 0.2) is 40.9 Å². The van der Waals surface area contributed by atoms with Gasteiger partial charge in [0.1, 0.15) is 11.4 Å². The Morgan fingerprint density at radius 1 is 1.15 bits per heavy atom. The van der Waals surface area contributed by atoms with Crippen molar-refractivity contribution in [1.29, 1.82) is 0 Å². The number of hydrogen-bond donors (Lipinski definition) is 0. The fourth-order valence-electron chi connectivity index (χ4n) is 4.96. The number of rotatable bonds is 9. The van der Waals surface area contributed by atoms with Crippen molar-refractivity contribution < 1.29 is 23.2 Å². The number of likely N-dealkylation sites (N-methyl/N-ethyl adjacent to an activating group) is 1. The van der Waals surface area contributed by atoms with Crippen LogP contribution in [0.5, 0.6) is 0 Å². The second-order valence-corrected chi connectivity index (χ2v) is 11.3. The number of carbonyl (C=O) groups is 1. The second-order valence-electron chi connectivity index (χ2n) is 11.3. The number of anilines is 1. The maximum Gasteiger partial charge on any atom is 0.320 e. The number of nitrogens with zero attached hydrogens (tertiary/aromatic N) is 4. The normalized spacial score (nSPS) is 16.1. The number of halogens is 1. The molecule has 0 radical (unpaired) electrons. The average Bonchev–Trinajstić information content (AvgIpc) is 3.35. The number of ether oxygens (including phenoxy) is 2. The fraction of sp³-hybridized carbons (Fsp3) is 0.500. The molecule has 1 unspecified atom stereocenters. The molecule has 1 fully saturated rings. The quantitative estimate of drug-likeness (QED) is 0.314. The number of aromatic nitrogens is 2. The van der Waals surface area contributed by atoms with E-state index in [0.717, 1.165) is 17.7 Å². The molecule has 210 valence electrons. The third-order valence-electron chi connectivity index (χ3n) is 6.73. The summed E-state index contributed by atoms with van der Waals surface area (Å²) in [6.07, 6.45) is 3.62. The maximum atomic E-state index is 14.6. The van der Waals surface area contributed by atoms with Crippen molar-refractivity contribution in [2.75, 3.05) is 32.1 Å². The highest BCUT2D eigenvalue weighted by Gasteiger charge is 2.23. The number of hydrogen-bond acceptors (Lipinski definition) is 8. The lowest BCUT2D eigenvalue weighted by molar-refractivity contribution is -0.155. The molecule has 2 heterocycles. The van der Waals surface area contributed by atoms with Crippen LogP contribution in [-0.4, -0.2) is 59.9 Å². The summed E-state index contributed by atoms with van der Waals surface area (Å²) in [4.78, 5) is 20.9. The zero-order valence-corrected chi connectivity index (χ0v) is 23.8.